The topological polar surface area (TPSA) is 34.9 Å². The Hall–Kier alpha value is -0.640. The molecule has 0 spiro atoms. The maximum absolute atomic E-state index is 11.8. The highest BCUT2D eigenvalue weighted by molar-refractivity contribution is 9.10. The third-order valence-corrected chi connectivity index (χ3v) is 3.02. The molecule has 0 N–H and O–H groups in total. The van der Waals surface area contributed by atoms with E-state index in [9.17, 15) is 4.79 Å². The molecular weight excluding hydrogens is 256 g/mol. The normalized spacial score (nSPS) is 12.8. The third-order valence-electron chi connectivity index (χ3n) is 2.48. The molecule has 1 rings (SSSR count). The van der Waals surface area contributed by atoms with Crippen molar-refractivity contribution in [3.05, 3.63) is 26.8 Å². The van der Waals surface area contributed by atoms with Crippen molar-refractivity contribution in [2.45, 2.75) is 40.2 Å². The first-order chi connectivity index (χ1) is 7.06. The van der Waals surface area contributed by atoms with Crippen LogP contribution in [0.4, 0.5) is 0 Å². The Kier molecular flexibility index (Phi) is 4.51. The SMILES string of the molecule is CCCC(C)Cn1c(C)ncc(Br)c1=O. The van der Waals surface area contributed by atoms with Crippen LogP contribution in [0.2, 0.25) is 0 Å². The minimum atomic E-state index is 0.0189. The summed E-state index contributed by atoms with van der Waals surface area (Å²) in [6.45, 7) is 6.94. The van der Waals surface area contributed by atoms with Crippen LogP contribution in [0, 0.1) is 12.8 Å². The molecule has 0 amide bonds. The molecule has 4 heteroatoms. The highest BCUT2D eigenvalue weighted by Gasteiger charge is 2.08. The first kappa shape index (κ1) is 12.4. The predicted octanol–water partition coefficient (Wildman–Crippen LogP) is 2.75. The molecule has 1 atom stereocenters. The first-order valence-corrected chi connectivity index (χ1v) is 6.07. The lowest BCUT2D eigenvalue weighted by atomic mass is 10.1. The van der Waals surface area contributed by atoms with Gasteiger partial charge in [-0.05, 0) is 35.2 Å². The van der Waals surface area contributed by atoms with E-state index in [-0.39, 0.29) is 5.56 Å². The number of hydrogen-bond acceptors (Lipinski definition) is 2. The van der Waals surface area contributed by atoms with Gasteiger partial charge >= 0.3 is 0 Å². The van der Waals surface area contributed by atoms with E-state index >= 15 is 0 Å². The molecule has 0 saturated carbocycles. The van der Waals surface area contributed by atoms with Gasteiger partial charge in [-0.15, -0.1) is 0 Å². The van der Waals surface area contributed by atoms with Gasteiger partial charge in [-0.25, -0.2) is 4.98 Å². The second-order valence-corrected chi connectivity index (χ2v) is 4.82. The van der Waals surface area contributed by atoms with Crippen LogP contribution in [0.5, 0.6) is 0 Å². The van der Waals surface area contributed by atoms with Gasteiger partial charge < -0.3 is 0 Å². The van der Waals surface area contributed by atoms with Crippen LogP contribution in [0.15, 0.2) is 15.5 Å². The average Bonchev–Trinajstić information content (AvgIpc) is 2.19. The molecule has 1 unspecified atom stereocenters. The van der Waals surface area contributed by atoms with Gasteiger partial charge in [-0.2, -0.15) is 0 Å². The van der Waals surface area contributed by atoms with Crippen LogP contribution in [0.3, 0.4) is 0 Å². The van der Waals surface area contributed by atoms with Crippen molar-refractivity contribution in [1.82, 2.24) is 9.55 Å². The molecule has 0 aromatic carbocycles. The van der Waals surface area contributed by atoms with Crippen molar-refractivity contribution in [2.75, 3.05) is 0 Å². The van der Waals surface area contributed by atoms with E-state index in [4.69, 9.17) is 0 Å². The number of hydrogen-bond donors (Lipinski definition) is 0. The molecule has 0 radical (unpaired) electrons. The zero-order valence-electron chi connectivity index (χ0n) is 9.46. The van der Waals surface area contributed by atoms with Gasteiger partial charge in [0.25, 0.3) is 5.56 Å². The number of nitrogens with zero attached hydrogens (tertiary/aromatic N) is 2. The standard InChI is InChI=1S/C11H17BrN2O/c1-4-5-8(2)7-14-9(3)13-6-10(12)11(14)15/h6,8H,4-5,7H2,1-3H3. The minimum absolute atomic E-state index is 0.0189. The summed E-state index contributed by atoms with van der Waals surface area (Å²) in [5.41, 5.74) is 0.0189. The molecule has 3 nitrogen and oxygen atoms in total. The van der Waals surface area contributed by atoms with Crippen molar-refractivity contribution in [1.29, 1.82) is 0 Å². The number of rotatable bonds is 4. The molecule has 0 aliphatic heterocycles. The van der Waals surface area contributed by atoms with Crippen molar-refractivity contribution in [3.63, 3.8) is 0 Å². The third kappa shape index (κ3) is 3.16. The summed E-state index contributed by atoms with van der Waals surface area (Å²) in [5.74, 6) is 1.30. The molecule has 0 aliphatic carbocycles. The van der Waals surface area contributed by atoms with Crippen LogP contribution in [0.1, 0.15) is 32.5 Å². The maximum Gasteiger partial charge on any atom is 0.267 e. The van der Waals surface area contributed by atoms with Gasteiger partial charge in [0.1, 0.15) is 10.3 Å². The quantitative estimate of drug-likeness (QED) is 0.845. The van der Waals surface area contributed by atoms with Crippen molar-refractivity contribution in [3.8, 4) is 0 Å². The van der Waals surface area contributed by atoms with Gasteiger partial charge in [0, 0.05) is 12.7 Å². The Morgan fingerprint density at radius 2 is 2.27 bits per heavy atom. The lowest BCUT2D eigenvalue weighted by molar-refractivity contribution is 0.428. The van der Waals surface area contributed by atoms with Crippen LogP contribution < -0.4 is 5.56 Å². The average molecular weight is 273 g/mol. The molecule has 0 saturated heterocycles. The molecule has 0 fully saturated rings. The molecule has 0 aliphatic rings. The molecular formula is C11H17BrN2O. The van der Waals surface area contributed by atoms with Crippen molar-refractivity contribution in [2.24, 2.45) is 5.92 Å². The summed E-state index contributed by atoms with van der Waals surface area (Å²) in [6.07, 6.45) is 3.85. The second kappa shape index (κ2) is 5.45. The fourth-order valence-corrected chi connectivity index (χ4v) is 1.98. The van der Waals surface area contributed by atoms with Gasteiger partial charge in [0.15, 0.2) is 0 Å². The monoisotopic (exact) mass is 272 g/mol. The first-order valence-electron chi connectivity index (χ1n) is 5.28. The Morgan fingerprint density at radius 3 is 2.87 bits per heavy atom. The Morgan fingerprint density at radius 1 is 1.60 bits per heavy atom. The molecule has 84 valence electrons. The minimum Gasteiger partial charge on any atom is -0.296 e. The summed E-state index contributed by atoms with van der Waals surface area (Å²) >= 11 is 3.21. The number of halogens is 1. The number of aryl methyl sites for hydroxylation is 1. The van der Waals surface area contributed by atoms with Gasteiger partial charge in [0.05, 0.1) is 0 Å². The summed E-state index contributed by atoms with van der Waals surface area (Å²) in [4.78, 5) is 16.0. The van der Waals surface area contributed by atoms with E-state index in [0.29, 0.717) is 10.4 Å². The van der Waals surface area contributed by atoms with E-state index in [1.54, 1.807) is 10.8 Å². The van der Waals surface area contributed by atoms with Gasteiger partial charge in [0.2, 0.25) is 0 Å². The summed E-state index contributed by atoms with van der Waals surface area (Å²) in [7, 11) is 0. The molecule has 15 heavy (non-hydrogen) atoms. The molecule has 0 bridgehead atoms. The van der Waals surface area contributed by atoms with E-state index in [1.165, 1.54) is 0 Å². The molecule has 1 heterocycles. The van der Waals surface area contributed by atoms with Gasteiger partial charge in [-0.3, -0.25) is 9.36 Å². The lowest BCUT2D eigenvalue weighted by Gasteiger charge is -2.14. The number of aromatic nitrogens is 2. The van der Waals surface area contributed by atoms with Crippen molar-refractivity contribution < 1.29 is 0 Å². The fourth-order valence-electron chi connectivity index (χ4n) is 1.66. The van der Waals surface area contributed by atoms with Crippen LogP contribution >= 0.6 is 15.9 Å². The van der Waals surface area contributed by atoms with Crippen LogP contribution in [0.25, 0.3) is 0 Å². The van der Waals surface area contributed by atoms with E-state index < -0.39 is 0 Å². The van der Waals surface area contributed by atoms with Crippen LogP contribution in [-0.2, 0) is 6.54 Å². The second-order valence-electron chi connectivity index (χ2n) is 3.96. The Bertz CT molecular complexity index is 387. The molecule has 1 aromatic rings. The van der Waals surface area contributed by atoms with E-state index in [0.717, 1.165) is 25.2 Å². The van der Waals surface area contributed by atoms with Crippen molar-refractivity contribution >= 4 is 15.9 Å². The summed E-state index contributed by atoms with van der Waals surface area (Å²) in [6, 6.07) is 0. The summed E-state index contributed by atoms with van der Waals surface area (Å²) in [5, 5.41) is 0. The largest absolute Gasteiger partial charge is 0.296 e. The van der Waals surface area contributed by atoms with E-state index in [1.807, 2.05) is 6.92 Å². The van der Waals surface area contributed by atoms with Gasteiger partial charge in [-0.1, -0.05) is 20.3 Å². The fraction of sp³-hybridized carbons (Fsp3) is 0.636. The van der Waals surface area contributed by atoms with Crippen LogP contribution in [-0.4, -0.2) is 9.55 Å². The lowest BCUT2D eigenvalue weighted by Crippen LogP contribution is -2.26. The molecule has 1 aromatic heterocycles. The predicted molar refractivity (Wildman–Crippen MR) is 65.0 cm³/mol. The summed E-state index contributed by atoms with van der Waals surface area (Å²) < 4.78 is 2.28. The zero-order chi connectivity index (χ0) is 11.4. The Balaban J connectivity index is 2.94. The Labute approximate surface area is 98.7 Å². The highest BCUT2D eigenvalue weighted by Crippen LogP contribution is 2.09. The zero-order valence-corrected chi connectivity index (χ0v) is 11.0. The van der Waals surface area contributed by atoms with E-state index in [2.05, 4.69) is 34.8 Å². The highest BCUT2D eigenvalue weighted by atomic mass is 79.9. The maximum atomic E-state index is 11.8. The smallest absolute Gasteiger partial charge is 0.267 e.